The summed E-state index contributed by atoms with van der Waals surface area (Å²) in [7, 11) is 0. The average Bonchev–Trinajstić information content (AvgIpc) is 2.06. The van der Waals surface area contributed by atoms with Crippen molar-refractivity contribution < 1.29 is 8.78 Å². The molecule has 2 rings (SSSR count). The van der Waals surface area contributed by atoms with Gasteiger partial charge in [-0.3, -0.25) is 0 Å². The lowest BCUT2D eigenvalue weighted by Crippen LogP contribution is -2.21. The first kappa shape index (κ1) is 8.48. The van der Waals surface area contributed by atoms with Crippen LogP contribution in [0, 0.1) is 0 Å². The average molecular weight is 183 g/mol. The van der Waals surface area contributed by atoms with Crippen molar-refractivity contribution in [3.63, 3.8) is 0 Å². The Morgan fingerprint density at radius 3 is 2.77 bits per heavy atom. The first-order chi connectivity index (χ1) is 6.11. The van der Waals surface area contributed by atoms with Crippen LogP contribution in [0.5, 0.6) is 0 Å². The molecule has 1 aliphatic carbocycles. The van der Waals surface area contributed by atoms with Crippen LogP contribution in [-0.2, 0) is 12.3 Å². The predicted molar refractivity (Wildman–Crippen MR) is 47.7 cm³/mol. The number of anilines is 1. The Bertz CT molecular complexity index is 334. The zero-order valence-electron chi connectivity index (χ0n) is 7.19. The molecule has 0 aliphatic heterocycles. The van der Waals surface area contributed by atoms with Crippen molar-refractivity contribution in [2.75, 3.05) is 5.73 Å². The van der Waals surface area contributed by atoms with E-state index in [4.69, 9.17) is 5.73 Å². The minimum Gasteiger partial charge on any atom is -0.398 e. The predicted octanol–water partition coefficient (Wildman–Crippen LogP) is 2.70. The minimum atomic E-state index is -2.68. The second-order valence-electron chi connectivity index (χ2n) is 3.43. The zero-order valence-corrected chi connectivity index (χ0v) is 7.19. The lowest BCUT2D eigenvalue weighted by atomic mass is 9.88. The lowest BCUT2D eigenvalue weighted by Gasteiger charge is -2.25. The van der Waals surface area contributed by atoms with Gasteiger partial charge in [-0.05, 0) is 24.5 Å². The van der Waals surface area contributed by atoms with E-state index >= 15 is 0 Å². The Balaban J connectivity index is 2.58. The van der Waals surface area contributed by atoms with E-state index in [-0.39, 0.29) is 12.0 Å². The van der Waals surface area contributed by atoms with Crippen molar-refractivity contribution in [1.82, 2.24) is 0 Å². The van der Waals surface area contributed by atoms with Crippen LogP contribution in [0.25, 0.3) is 0 Å². The van der Waals surface area contributed by atoms with Gasteiger partial charge in [0, 0.05) is 17.7 Å². The van der Waals surface area contributed by atoms with Gasteiger partial charge in [-0.15, -0.1) is 0 Å². The fourth-order valence-electron chi connectivity index (χ4n) is 1.85. The summed E-state index contributed by atoms with van der Waals surface area (Å²) in [6, 6.07) is 4.75. The summed E-state index contributed by atoms with van der Waals surface area (Å²) in [5.74, 6) is -2.68. The topological polar surface area (TPSA) is 26.0 Å². The first-order valence-corrected chi connectivity index (χ1v) is 4.37. The second kappa shape index (κ2) is 2.69. The van der Waals surface area contributed by atoms with E-state index in [1.807, 2.05) is 0 Å². The van der Waals surface area contributed by atoms with Crippen molar-refractivity contribution in [3.8, 4) is 0 Å². The molecule has 3 heteroatoms. The normalized spacial score (nSPS) is 19.5. The third-order valence-electron chi connectivity index (χ3n) is 2.52. The molecule has 0 saturated heterocycles. The highest BCUT2D eigenvalue weighted by Crippen LogP contribution is 2.41. The number of halogens is 2. The molecular formula is C10H11F2N. The Labute approximate surface area is 75.6 Å². The van der Waals surface area contributed by atoms with Crippen LogP contribution in [-0.4, -0.2) is 0 Å². The number of fused-ring (bicyclic) bond motifs is 1. The summed E-state index contributed by atoms with van der Waals surface area (Å²) in [5, 5.41) is 0. The standard InChI is InChI=1S/C10H11F2N/c11-10(12)6-2-3-7-8(10)4-1-5-9(7)13/h1,4-5H,2-3,6,13H2. The Kier molecular flexibility index (Phi) is 1.75. The summed E-state index contributed by atoms with van der Waals surface area (Å²) in [6.45, 7) is 0. The van der Waals surface area contributed by atoms with Crippen LogP contribution in [0.3, 0.4) is 0 Å². The molecule has 0 amide bonds. The summed E-state index contributed by atoms with van der Waals surface area (Å²) in [5.41, 5.74) is 6.89. The van der Waals surface area contributed by atoms with Crippen LogP contribution in [0.4, 0.5) is 14.5 Å². The fraction of sp³-hybridized carbons (Fsp3) is 0.400. The van der Waals surface area contributed by atoms with Crippen molar-refractivity contribution in [1.29, 1.82) is 0 Å². The van der Waals surface area contributed by atoms with Crippen molar-refractivity contribution in [3.05, 3.63) is 29.3 Å². The third kappa shape index (κ3) is 1.28. The molecule has 70 valence electrons. The Hall–Kier alpha value is -1.12. The summed E-state index contributed by atoms with van der Waals surface area (Å²) >= 11 is 0. The van der Waals surface area contributed by atoms with Gasteiger partial charge in [0.15, 0.2) is 0 Å². The van der Waals surface area contributed by atoms with Crippen LogP contribution in [0.2, 0.25) is 0 Å². The van der Waals surface area contributed by atoms with E-state index in [2.05, 4.69) is 0 Å². The second-order valence-corrected chi connectivity index (χ2v) is 3.43. The fourth-order valence-corrected chi connectivity index (χ4v) is 1.85. The molecule has 2 N–H and O–H groups in total. The molecule has 1 aromatic carbocycles. The van der Waals surface area contributed by atoms with Gasteiger partial charge in [-0.1, -0.05) is 12.1 Å². The van der Waals surface area contributed by atoms with Crippen LogP contribution in [0.15, 0.2) is 18.2 Å². The number of hydrogen-bond acceptors (Lipinski definition) is 1. The zero-order chi connectivity index (χ0) is 9.47. The number of nitrogen functional groups attached to an aromatic ring is 1. The molecule has 0 unspecified atom stereocenters. The van der Waals surface area contributed by atoms with Gasteiger partial charge in [0.1, 0.15) is 0 Å². The van der Waals surface area contributed by atoms with E-state index in [0.717, 1.165) is 0 Å². The Morgan fingerprint density at radius 1 is 1.31 bits per heavy atom. The summed E-state index contributed by atoms with van der Waals surface area (Å²) in [6.07, 6.45) is 1.15. The molecule has 0 aromatic heterocycles. The van der Waals surface area contributed by atoms with Gasteiger partial charge in [-0.2, -0.15) is 0 Å². The number of alkyl halides is 2. The highest BCUT2D eigenvalue weighted by Gasteiger charge is 2.36. The summed E-state index contributed by atoms with van der Waals surface area (Å²) in [4.78, 5) is 0. The lowest BCUT2D eigenvalue weighted by molar-refractivity contribution is -0.0215. The highest BCUT2D eigenvalue weighted by atomic mass is 19.3. The van der Waals surface area contributed by atoms with Crippen LogP contribution >= 0.6 is 0 Å². The maximum Gasteiger partial charge on any atom is 0.273 e. The van der Waals surface area contributed by atoms with E-state index in [1.54, 1.807) is 12.1 Å². The smallest absolute Gasteiger partial charge is 0.273 e. The molecule has 0 bridgehead atoms. The highest BCUT2D eigenvalue weighted by molar-refractivity contribution is 5.53. The van der Waals surface area contributed by atoms with Crippen LogP contribution in [0.1, 0.15) is 24.0 Å². The SMILES string of the molecule is Nc1cccc2c1CCCC2(F)F. The number of hydrogen-bond donors (Lipinski definition) is 1. The van der Waals surface area contributed by atoms with Gasteiger partial charge >= 0.3 is 0 Å². The van der Waals surface area contributed by atoms with E-state index in [0.29, 0.717) is 24.1 Å². The molecule has 1 aliphatic rings. The molecule has 1 aromatic rings. The van der Waals surface area contributed by atoms with Crippen molar-refractivity contribution in [2.24, 2.45) is 0 Å². The monoisotopic (exact) mass is 183 g/mol. The maximum atomic E-state index is 13.3. The quantitative estimate of drug-likeness (QED) is 0.615. The van der Waals surface area contributed by atoms with Gasteiger partial charge in [-0.25, -0.2) is 8.78 Å². The van der Waals surface area contributed by atoms with Crippen LogP contribution < -0.4 is 5.73 Å². The summed E-state index contributed by atoms with van der Waals surface area (Å²) < 4.78 is 26.6. The number of rotatable bonds is 0. The van der Waals surface area contributed by atoms with Gasteiger partial charge < -0.3 is 5.73 Å². The van der Waals surface area contributed by atoms with Gasteiger partial charge in [0.2, 0.25) is 0 Å². The van der Waals surface area contributed by atoms with E-state index in [1.165, 1.54) is 6.07 Å². The third-order valence-corrected chi connectivity index (χ3v) is 2.52. The van der Waals surface area contributed by atoms with E-state index < -0.39 is 5.92 Å². The maximum absolute atomic E-state index is 13.3. The number of nitrogens with two attached hydrogens (primary N) is 1. The molecule has 0 saturated carbocycles. The molecule has 1 nitrogen and oxygen atoms in total. The Morgan fingerprint density at radius 2 is 2.08 bits per heavy atom. The molecular weight excluding hydrogens is 172 g/mol. The molecule has 0 radical (unpaired) electrons. The largest absolute Gasteiger partial charge is 0.398 e. The first-order valence-electron chi connectivity index (χ1n) is 4.37. The minimum absolute atomic E-state index is 0.0521. The van der Waals surface area contributed by atoms with Crippen molar-refractivity contribution >= 4 is 5.69 Å². The molecule has 0 spiro atoms. The van der Waals surface area contributed by atoms with Gasteiger partial charge in [0.05, 0.1) is 0 Å². The molecule has 0 fully saturated rings. The number of benzene rings is 1. The van der Waals surface area contributed by atoms with Gasteiger partial charge in [0.25, 0.3) is 5.92 Å². The molecule has 0 heterocycles. The molecule has 13 heavy (non-hydrogen) atoms. The molecule has 0 atom stereocenters. The van der Waals surface area contributed by atoms with E-state index in [9.17, 15) is 8.78 Å². The van der Waals surface area contributed by atoms with Crippen molar-refractivity contribution in [2.45, 2.75) is 25.2 Å².